The summed E-state index contributed by atoms with van der Waals surface area (Å²) < 4.78 is 15.5. The number of carbonyl (C=O) groups is 14. The van der Waals surface area contributed by atoms with Crippen molar-refractivity contribution in [3.8, 4) is 0 Å². The third-order valence-electron chi connectivity index (χ3n) is 21.1. The maximum atomic E-state index is 13.3. The maximum absolute atomic E-state index is 13.3. The van der Waals surface area contributed by atoms with Gasteiger partial charge in [-0.15, -0.1) is 0 Å². The summed E-state index contributed by atoms with van der Waals surface area (Å²) in [6.45, 7) is 3.95. The number of aliphatic carboxylic acids is 1. The molecule has 610 valence electrons. The molecule has 0 bridgehead atoms. The Balaban J connectivity index is 0.000000189. The van der Waals surface area contributed by atoms with Crippen LogP contribution in [0.1, 0.15) is 176 Å². The number of carboxylic acid groups (broad SMARTS) is 1. The second-order valence-corrected chi connectivity index (χ2v) is 28.6. The van der Waals surface area contributed by atoms with E-state index in [-0.39, 0.29) is 83.9 Å². The van der Waals surface area contributed by atoms with Crippen LogP contribution in [0.25, 0.3) is 21.8 Å². The van der Waals surface area contributed by atoms with E-state index in [1.807, 2.05) is 82.6 Å². The summed E-state index contributed by atoms with van der Waals surface area (Å²) >= 11 is 0. The van der Waals surface area contributed by atoms with E-state index in [9.17, 15) is 71.5 Å². The lowest BCUT2D eigenvalue weighted by Gasteiger charge is -2.32. The van der Waals surface area contributed by atoms with Crippen LogP contribution in [0, 0.1) is 0 Å². The number of pyridine rings is 2. The van der Waals surface area contributed by atoms with Gasteiger partial charge < -0.3 is 64.0 Å². The highest BCUT2D eigenvalue weighted by Crippen LogP contribution is 2.39. The number of para-hydroxylation sites is 2. The molecule has 2 atom stereocenters. The molecule has 15 N–H and O–H groups in total. The zero-order valence-electron chi connectivity index (χ0n) is 65.1. The second kappa shape index (κ2) is 39.4. The van der Waals surface area contributed by atoms with Crippen molar-refractivity contribution in [1.29, 1.82) is 0 Å². The number of rotatable bonds is 26. The number of likely N-dealkylation sites (tertiary alicyclic amines) is 2. The van der Waals surface area contributed by atoms with Gasteiger partial charge in [-0.1, -0.05) is 67.1 Å². The van der Waals surface area contributed by atoms with Crippen LogP contribution in [-0.4, -0.2) is 196 Å². The number of imide groups is 4. The predicted octanol–water partition coefficient (Wildman–Crippen LogP) is 8.48. The molecule has 2 unspecified atom stereocenters. The van der Waals surface area contributed by atoms with Crippen molar-refractivity contribution in [3.63, 3.8) is 0 Å². The Kier molecular flexibility index (Phi) is 27.9. The fourth-order valence-electron chi connectivity index (χ4n) is 15.0. The molecule has 8 heterocycles. The van der Waals surface area contributed by atoms with Gasteiger partial charge >= 0.3 is 18.0 Å². The second-order valence-electron chi connectivity index (χ2n) is 28.6. The standard InChI is InChI=1S/C42H44N8O7.C26H32N6O2.C15H13N3O6.CH3F/c43-38(53)31-24-46-32-14-13-26(22-30(32)37(31)47-27-8-3-1-4-9-27)25-17-20-49(21-18-25)42(57)44-19-6-2-5-10-28(51)23-45-33-12-7-11-29-36(33)41(56)50(40(29)55)34-15-16-35(52)48-39(34)54;27-12-4-5-13-29-26(34)32-14-10-18(11-15-32)19-8-9-23-21(16-19)24(22(17-30-23)25(28)33)31-20-6-2-1-3-7-20;19-10-5-4-9(13(22)17-10)18-14(23)7-2-1-3-8(12(7)15(18)24)16-6-11(20)21;1-2/h1,3-4,7-9,11-14,22,24-25,34,45H,2,5-6,10,15-21,23H2,(H2,43,53)(H,44,57)(H,46,47)(H,48,52,54);1-3,6-9,16-18H,4-5,10-15,27H2,(H2,28,33)(H,29,34)(H,30,31);1-3,9,16H,4-6H2,(H,20,21)(H,17,19,22);1H3/i;;;1D. The number of nitrogens with zero attached hydrogens (tertiary/aromatic N) is 6. The first kappa shape index (κ1) is 82.9. The van der Waals surface area contributed by atoms with Crippen molar-refractivity contribution in [2.45, 2.75) is 114 Å². The third kappa shape index (κ3) is 20.3. The van der Waals surface area contributed by atoms with Crippen molar-refractivity contribution in [3.05, 3.63) is 190 Å². The lowest BCUT2D eigenvalue weighted by molar-refractivity contribution is -0.137. The van der Waals surface area contributed by atoms with Gasteiger partial charge in [0, 0.05) is 104 Å². The fourth-order valence-corrected chi connectivity index (χ4v) is 15.0. The monoisotopic (exact) mass is 1600 g/mol. The number of carboxylic acids is 1. The minimum atomic E-state index is -1.12. The molecule has 0 radical (unpaired) electrons. The fraction of sp³-hybridized carbons (Fsp3) is 0.333. The third-order valence-corrected chi connectivity index (χ3v) is 21.1. The molecule has 33 heteroatoms. The number of Topliss-reactive ketones (excluding diaryl/α,β-unsaturated/α-hetero) is 1. The van der Waals surface area contributed by atoms with E-state index in [1.54, 1.807) is 12.1 Å². The van der Waals surface area contributed by atoms with Gasteiger partial charge in [0.1, 0.15) is 18.6 Å². The van der Waals surface area contributed by atoms with Gasteiger partial charge in [-0.2, -0.15) is 0 Å². The van der Waals surface area contributed by atoms with E-state index in [0.29, 0.717) is 99.2 Å². The molecule has 117 heavy (non-hydrogen) atoms. The highest BCUT2D eigenvalue weighted by Gasteiger charge is 2.47. The normalized spacial score (nSPS) is 16.7. The summed E-state index contributed by atoms with van der Waals surface area (Å²) in [4.78, 5) is 186. The number of hydrogen-bond acceptors (Lipinski definition) is 21. The minimum absolute atomic E-state index is 0.00127. The number of amides is 14. The molecule has 0 aliphatic carbocycles. The van der Waals surface area contributed by atoms with Crippen LogP contribution in [0.15, 0.2) is 146 Å². The van der Waals surface area contributed by atoms with Crippen LogP contribution in [0.3, 0.4) is 0 Å². The van der Waals surface area contributed by atoms with Crippen LogP contribution >= 0.6 is 0 Å². The molecule has 6 aromatic carbocycles. The average molecular weight is 1600 g/mol. The number of urea groups is 2. The SMILES string of the molecule is NC(=O)c1cnc2ccc(C3CCN(C(=O)NCCCCCC(=O)CNc4cccc5c4C(=O)N(C4CCC(=O)NC4=O)C5=O)CC3)cc2c1Nc1ccccc1.NCCCCNC(=O)N1CCC(c2ccc3ncc(C(N)=O)c(Nc4ccccc4)c3c2)CC1.O=C(O)CNc1cccc2c1C(=O)N(C1CCC(=O)NC1=O)C2=O.[2H]CF. The molecule has 2 aromatic heterocycles. The number of aromatic nitrogens is 2. The van der Waals surface area contributed by atoms with Crippen LogP contribution < -0.4 is 59.7 Å². The summed E-state index contributed by atoms with van der Waals surface area (Å²) in [5.74, 6) is -6.56. The maximum Gasteiger partial charge on any atom is 0.322 e. The first-order valence-corrected chi connectivity index (χ1v) is 38.6. The molecule has 6 aliphatic heterocycles. The lowest BCUT2D eigenvalue weighted by atomic mass is 9.88. The zero-order valence-corrected chi connectivity index (χ0v) is 64.1. The van der Waals surface area contributed by atoms with Gasteiger partial charge in [0.05, 0.1) is 70.9 Å². The topological polar surface area (TPSA) is 472 Å². The Morgan fingerprint density at radius 3 is 1.34 bits per heavy atom. The van der Waals surface area contributed by atoms with Gasteiger partial charge in [-0.05, 0) is 167 Å². The van der Waals surface area contributed by atoms with Crippen LogP contribution in [-0.2, 0) is 28.8 Å². The summed E-state index contributed by atoms with van der Waals surface area (Å²) in [6.07, 6.45) is 10.7. The van der Waals surface area contributed by atoms with E-state index in [4.69, 9.17) is 23.7 Å². The highest BCUT2D eigenvalue weighted by molar-refractivity contribution is 6.27. The highest BCUT2D eigenvalue weighted by atomic mass is 19.1. The number of fused-ring (bicyclic) bond motifs is 4. The number of halogens is 1. The molecule has 14 amide bonds. The lowest BCUT2D eigenvalue weighted by Crippen LogP contribution is -2.54. The quantitative estimate of drug-likeness (QED) is 0.0178. The minimum Gasteiger partial charge on any atom is -0.480 e. The van der Waals surface area contributed by atoms with Gasteiger partial charge in [0.15, 0.2) is 5.78 Å². The number of anilines is 6. The van der Waals surface area contributed by atoms with Crippen molar-refractivity contribution in [2.75, 3.05) is 87.3 Å². The van der Waals surface area contributed by atoms with E-state index < -0.39 is 90.8 Å². The molecule has 4 fully saturated rings. The number of alkyl halides is 1. The number of piperidine rings is 4. The Morgan fingerprint density at radius 2 is 0.940 bits per heavy atom. The summed E-state index contributed by atoms with van der Waals surface area (Å²) in [7, 11) is -1.00. The summed E-state index contributed by atoms with van der Waals surface area (Å²) in [5.41, 5.74) is 25.3. The van der Waals surface area contributed by atoms with Crippen LogP contribution in [0.5, 0.6) is 0 Å². The van der Waals surface area contributed by atoms with E-state index in [1.165, 1.54) is 42.2 Å². The van der Waals surface area contributed by atoms with Crippen molar-refractivity contribution in [1.82, 2.24) is 50.8 Å². The number of ketones is 1. The van der Waals surface area contributed by atoms with Gasteiger partial charge in [-0.3, -0.25) is 92.3 Å². The Bertz CT molecular complexity index is 5160. The predicted molar refractivity (Wildman–Crippen MR) is 434 cm³/mol. The number of benzene rings is 6. The average Bonchev–Trinajstić information content (AvgIpc) is 1.57. The zero-order chi connectivity index (χ0) is 84.1. The molecule has 0 spiro atoms. The molecule has 4 saturated heterocycles. The largest absolute Gasteiger partial charge is 0.480 e. The van der Waals surface area contributed by atoms with Crippen molar-refractivity contribution in [2.24, 2.45) is 17.2 Å². The molecule has 0 saturated carbocycles. The molecular formula is C84H92FN17O15. The number of nitrogens with two attached hydrogens (primary N) is 3. The van der Waals surface area contributed by atoms with E-state index in [0.717, 1.165) is 93.5 Å². The molecule has 14 rings (SSSR count). The molecule has 8 aromatic rings. The number of carbonyl (C=O) groups excluding carboxylic acids is 13. The van der Waals surface area contributed by atoms with Gasteiger partial charge in [0.25, 0.3) is 35.4 Å². The first-order valence-electron chi connectivity index (χ1n) is 39.3. The number of nitrogens with one attached hydrogen (secondary N) is 8. The van der Waals surface area contributed by atoms with Gasteiger partial charge in [-0.25, -0.2) is 9.59 Å². The number of primary amides is 2. The van der Waals surface area contributed by atoms with Crippen LogP contribution in [0.2, 0.25) is 0 Å². The number of hydrogen-bond donors (Lipinski definition) is 12. The Morgan fingerprint density at radius 1 is 0.521 bits per heavy atom. The molecule has 6 aliphatic rings. The summed E-state index contributed by atoms with van der Waals surface area (Å²) in [5, 5.41) is 33.0. The van der Waals surface area contributed by atoms with Crippen molar-refractivity contribution >= 4 is 139 Å². The molecule has 32 nitrogen and oxygen atoms in total. The summed E-state index contributed by atoms with van der Waals surface area (Å²) in [6, 6.07) is 38.5. The van der Waals surface area contributed by atoms with E-state index >= 15 is 0 Å². The molecular weight excluding hydrogens is 1510 g/mol. The van der Waals surface area contributed by atoms with Crippen LogP contribution in [0.4, 0.5) is 48.1 Å². The smallest absolute Gasteiger partial charge is 0.322 e. The Labute approximate surface area is 673 Å². The first-order chi connectivity index (χ1) is 57.0. The van der Waals surface area contributed by atoms with Crippen molar-refractivity contribution < 1.29 is 78.0 Å². The number of unbranched alkanes of at least 4 members (excludes halogenated alkanes) is 3. The van der Waals surface area contributed by atoms with Gasteiger partial charge in [0.2, 0.25) is 23.6 Å². The van der Waals surface area contributed by atoms with E-state index in [2.05, 4.69) is 76.8 Å². The Hall–Kier alpha value is -13.6.